The van der Waals surface area contributed by atoms with Crippen molar-refractivity contribution in [2.45, 2.75) is 0 Å². The highest BCUT2D eigenvalue weighted by Gasteiger charge is 2.34. The van der Waals surface area contributed by atoms with Crippen molar-refractivity contribution >= 4 is 129 Å². The van der Waals surface area contributed by atoms with Crippen molar-refractivity contribution in [2.75, 3.05) is 0 Å². The number of rotatable bonds is 2. The van der Waals surface area contributed by atoms with Crippen LogP contribution in [0.15, 0.2) is 231 Å². The lowest BCUT2D eigenvalue weighted by Crippen LogP contribution is -1.96. The van der Waals surface area contributed by atoms with E-state index in [2.05, 4.69) is 231 Å². The van der Waals surface area contributed by atoms with Crippen LogP contribution in [-0.2, 0) is 0 Å². The summed E-state index contributed by atoms with van der Waals surface area (Å²) >= 11 is 0. The molecule has 17 rings (SSSR count). The van der Waals surface area contributed by atoms with Gasteiger partial charge < -0.3 is 0 Å². The van der Waals surface area contributed by atoms with Gasteiger partial charge >= 0.3 is 0 Å². The Morgan fingerprint density at radius 1 is 0.143 bits per heavy atom. The van der Waals surface area contributed by atoms with Crippen LogP contribution in [0.2, 0.25) is 0 Å². The first kappa shape index (κ1) is 37.0. The molecule has 0 nitrogen and oxygen atoms in total. The van der Waals surface area contributed by atoms with Crippen molar-refractivity contribution in [1.82, 2.24) is 0 Å². The van der Waals surface area contributed by atoms with Gasteiger partial charge in [0.05, 0.1) is 0 Å². The number of fused-ring (bicyclic) bond motifs is 17. The predicted octanol–water partition coefficient (Wildman–Crippen LogP) is 19.9. The average Bonchev–Trinajstić information content (AvgIpc) is 3.75. The van der Waals surface area contributed by atoms with Crippen LogP contribution >= 0.6 is 0 Å². The molecule has 0 saturated carbocycles. The minimum absolute atomic E-state index is 1.25. The molecule has 0 fully saturated rings. The van der Waals surface area contributed by atoms with Crippen LogP contribution in [0.3, 0.4) is 0 Å². The lowest BCUT2D eigenvalue weighted by molar-refractivity contribution is 1.68. The van der Waals surface area contributed by atoms with E-state index < -0.39 is 0 Å². The maximum absolute atomic E-state index is 2.61. The van der Waals surface area contributed by atoms with Crippen LogP contribution in [0.5, 0.6) is 0 Å². The molecule has 318 valence electrons. The van der Waals surface area contributed by atoms with Crippen LogP contribution < -0.4 is 0 Å². The molecule has 0 bridgehead atoms. The molecule has 0 atom stereocenters. The zero-order valence-electron chi connectivity index (χ0n) is 37.9. The van der Waals surface area contributed by atoms with Crippen LogP contribution in [0.4, 0.5) is 0 Å². The molecule has 0 unspecified atom stereocenters. The van der Waals surface area contributed by atoms with Crippen LogP contribution in [0.25, 0.3) is 174 Å². The van der Waals surface area contributed by atoms with Crippen molar-refractivity contribution in [1.29, 1.82) is 0 Å². The Hall–Kier alpha value is -9.10. The van der Waals surface area contributed by atoms with Crippen LogP contribution in [0, 0.1) is 0 Å². The van der Waals surface area contributed by atoms with E-state index in [1.54, 1.807) is 0 Å². The zero-order valence-corrected chi connectivity index (χ0v) is 37.9. The molecule has 0 saturated heterocycles. The van der Waals surface area contributed by atoms with E-state index in [1.807, 2.05) is 0 Å². The van der Waals surface area contributed by atoms with Crippen molar-refractivity contribution < 1.29 is 0 Å². The van der Waals surface area contributed by atoms with E-state index in [4.69, 9.17) is 0 Å². The van der Waals surface area contributed by atoms with E-state index in [0.717, 1.165) is 0 Å². The monoisotopic (exact) mass is 878 g/mol. The fourth-order valence-electron chi connectivity index (χ4n) is 13.5. The Labute approximate surface area is 402 Å². The van der Waals surface area contributed by atoms with E-state index in [1.165, 1.54) is 174 Å². The summed E-state index contributed by atoms with van der Waals surface area (Å²) in [6, 6.07) is 88.1. The van der Waals surface area contributed by atoms with Gasteiger partial charge in [0.15, 0.2) is 0 Å². The van der Waals surface area contributed by atoms with E-state index in [9.17, 15) is 0 Å². The van der Waals surface area contributed by atoms with Gasteiger partial charge in [-0.1, -0.05) is 188 Å². The fourth-order valence-corrected chi connectivity index (χ4v) is 13.5. The smallest absolute Gasteiger partial charge is 0.000696 e. The van der Waals surface area contributed by atoms with Crippen molar-refractivity contribution in [3.63, 3.8) is 0 Å². The summed E-state index contributed by atoms with van der Waals surface area (Å²) in [7, 11) is 0. The van der Waals surface area contributed by atoms with Crippen molar-refractivity contribution in [2.24, 2.45) is 0 Å². The van der Waals surface area contributed by atoms with Crippen molar-refractivity contribution in [3.05, 3.63) is 231 Å². The van der Waals surface area contributed by atoms with Crippen LogP contribution in [-0.4, -0.2) is 0 Å². The maximum atomic E-state index is 2.61. The third kappa shape index (κ3) is 4.70. The molecular formula is C70H38. The highest BCUT2D eigenvalue weighted by Crippen LogP contribution is 2.61. The molecule has 0 radical (unpaired) electrons. The highest BCUT2D eigenvalue weighted by atomic mass is 14.4. The van der Waals surface area contributed by atoms with Gasteiger partial charge in [0.25, 0.3) is 0 Å². The van der Waals surface area contributed by atoms with E-state index in [-0.39, 0.29) is 0 Å². The first-order chi connectivity index (χ1) is 34.7. The molecular weight excluding hydrogens is 841 g/mol. The first-order valence-corrected chi connectivity index (χ1v) is 24.6. The normalized spacial score (nSPS) is 12.6. The number of benzene rings is 16. The molecule has 0 heterocycles. The Morgan fingerprint density at radius 2 is 0.514 bits per heavy atom. The molecule has 0 spiro atoms. The Balaban J connectivity index is 1.19. The van der Waals surface area contributed by atoms with Gasteiger partial charge in [0, 0.05) is 0 Å². The molecule has 16 aromatic rings. The third-order valence-corrected chi connectivity index (χ3v) is 16.4. The fraction of sp³-hybridized carbons (Fsp3) is 0. The van der Waals surface area contributed by atoms with Crippen molar-refractivity contribution in [3.8, 4) is 44.5 Å². The van der Waals surface area contributed by atoms with Gasteiger partial charge in [-0.25, -0.2) is 0 Å². The molecule has 0 heteroatoms. The number of hydrogen-bond donors (Lipinski definition) is 0. The Morgan fingerprint density at radius 3 is 1.09 bits per heavy atom. The topological polar surface area (TPSA) is 0 Å². The van der Waals surface area contributed by atoms with Gasteiger partial charge in [0.1, 0.15) is 0 Å². The standard InChI is InChI=1S/C70H38/c1-2-15-42-33-56-55(32-41(42)14-1)50-24-9-10-25-51(50)57-37-61-62(38-58(56)57)67(59-34-43-16-3-5-20-46(43)48-22-7-11-26-52(48)59)69-54-31-30-40-29-28-39-18-13-19-45-36-63(66(54)65(40)64(39)45)70(69)68(61)60-35-44-17-4-6-21-47(44)49-23-8-12-27-53(49)60/h1-38H. The second-order valence-corrected chi connectivity index (χ2v) is 19.8. The minimum atomic E-state index is 1.25. The largest absolute Gasteiger partial charge is 0.0616 e. The molecule has 1 aliphatic rings. The molecule has 1 aliphatic carbocycles. The lowest BCUT2D eigenvalue weighted by atomic mass is 9.78. The lowest BCUT2D eigenvalue weighted by Gasteiger charge is -2.24. The SMILES string of the molecule is c1ccc2cc3c(cc2c1)c1ccccc1c1cc2c(-c4cc5ccccc5c5ccccc45)c4c(c(-c5cc6ccccc6c6ccccc56)c2cc31)-c1ccc2ccc3cccc5cc-4c1c2c35. The molecule has 70 heavy (non-hydrogen) atoms. The summed E-state index contributed by atoms with van der Waals surface area (Å²) in [6.45, 7) is 0. The first-order valence-electron chi connectivity index (χ1n) is 24.6. The van der Waals surface area contributed by atoms with E-state index in [0.29, 0.717) is 0 Å². The summed E-state index contributed by atoms with van der Waals surface area (Å²) in [6.07, 6.45) is 0. The van der Waals surface area contributed by atoms with Gasteiger partial charge in [-0.2, -0.15) is 0 Å². The second-order valence-electron chi connectivity index (χ2n) is 19.8. The highest BCUT2D eigenvalue weighted by molar-refractivity contribution is 6.39. The Bertz CT molecular complexity index is 5050. The summed E-state index contributed by atoms with van der Waals surface area (Å²) in [5, 5.41) is 30.8. The zero-order chi connectivity index (χ0) is 45.3. The minimum Gasteiger partial charge on any atom is -0.0616 e. The van der Waals surface area contributed by atoms with Gasteiger partial charge in [0.2, 0.25) is 0 Å². The summed E-state index contributed by atoms with van der Waals surface area (Å²) < 4.78 is 0. The molecule has 0 aromatic heterocycles. The third-order valence-electron chi connectivity index (χ3n) is 16.4. The molecule has 0 N–H and O–H groups in total. The summed E-state index contributed by atoms with van der Waals surface area (Å²) in [5.74, 6) is 0. The second kappa shape index (κ2) is 13.3. The van der Waals surface area contributed by atoms with Crippen LogP contribution in [0.1, 0.15) is 0 Å². The predicted molar refractivity (Wildman–Crippen MR) is 303 cm³/mol. The van der Waals surface area contributed by atoms with E-state index >= 15 is 0 Å². The van der Waals surface area contributed by atoms with Gasteiger partial charge in [-0.3, -0.25) is 0 Å². The quantitative estimate of drug-likeness (QED) is 0.120. The van der Waals surface area contributed by atoms with Gasteiger partial charge in [-0.05, 0) is 216 Å². The number of hydrogen-bond acceptors (Lipinski definition) is 0. The average molecular weight is 879 g/mol. The summed E-state index contributed by atoms with van der Waals surface area (Å²) in [4.78, 5) is 0. The van der Waals surface area contributed by atoms with Gasteiger partial charge in [-0.15, -0.1) is 0 Å². The molecule has 0 amide bonds. The maximum Gasteiger partial charge on any atom is -0.000696 e. The Kier molecular flexibility index (Phi) is 7.03. The molecule has 0 aliphatic heterocycles. The molecule has 16 aromatic carbocycles. The summed E-state index contributed by atoms with van der Waals surface area (Å²) in [5.41, 5.74) is 10.4.